The molecule has 0 saturated carbocycles. The van der Waals surface area contributed by atoms with Crippen LogP contribution in [-0.2, 0) is 11.2 Å². The first-order valence-electron chi connectivity index (χ1n) is 7.59. The first kappa shape index (κ1) is 16.7. The molecule has 0 radical (unpaired) electrons. The first-order chi connectivity index (χ1) is 9.49. The van der Waals surface area contributed by atoms with Gasteiger partial charge in [0.05, 0.1) is 6.04 Å². The van der Waals surface area contributed by atoms with Gasteiger partial charge in [0, 0.05) is 6.04 Å². The van der Waals surface area contributed by atoms with Crippen LogP contribution in [0.1, 0.15) is 45.6 Å². The Morgan fingerprint density at radius 1 is 1.15 bits per heavy atom. The molecular formula is C17H28N2O. The van der Waals surface area contributed by atoms with Gasteiger partial charge in [-0.05, 0) is 31.2 Å². The molecular weight excluding hydrogens is 248 g/mol. The minimum atomic E-state index is -0.468. The van der Waals surface area contributed by atoms with Crippen LogP contribution in [0.3, 0.4) is 0 Å². The Balaban J connectivity index is 2.30. The van der Waals surface area contributed by atoms with E-state index in [0.29, 0.717) is 6.42 Å². The van der Waals surface area contributed by atoms with Crippen LogP contribution < -0.4 is 11.1 Å². The summed E-state index contributed by atoms with van der Waals surface area (Å²) in [5.74, 6) is 0.670. The van der Waals surface area contributed by atoms with Gasteiger partial charge in [-0.25, -0.2) is 0 Å². The summed E-state index contributed by atoms with van der Waals surface area (Å²) in [6.07, 6.45) is 3.96. The van der Waals surface area contributed by atoms with Crippen LogP contribution in [0.4, 0.5) is 0 Å². The zero-order valence-corrected chi connectivity index (χ0v) is 12.9. The average Bonchev–Trinajstić information content (AvgIpc) is 2.39. The van der Waals surface area contributed by atoms with Crippen molar-refractivity contribution in [3.63, 3.8) is 0 Å². The lowest BCUT2D eigenvalue weighted by Crippen LogP contribution is -2.45. The van der Waals surface area contributed by atoms with Gasteiger partial charge >= 0.3 is 0 Å². The molecule has 2 atom stereocenters. The van der Waals surface area contributed by atoms with Crippen LogP contribution in [0.2, 0.25) is 0 Å². The summed E-state index contributed by atoms with van der Waals surface area (Å²) in [5.41, 5.74) is 7.06. The zero-order valence-electron chi connectivity index (χ0n) is 12.9. The number of nitrogens with one attached hydrogen (secondary N) is 1. The van der Waals surface area contributed by atoms with E-state index >= 15 is 0 Å². The van der Waals surface area contributed by atoms with Gasteiger partial charge in [-0.2, -0.15) is 0 Å². The molecule has 2 unspecified atom stereocenters. The normalized spacial score (nSPS) is 14.1. The Labute approximate surface area is 122 Å². The second-order valence-corrected chi connectivity index (χ2v) is 6.03. The summed E-state index contributed by atoms with van der Waals surface area (Å²) >= 11 is 0. The van der Waals surface area contributed by atoms with Crippen LogP contribution in [-0.4, -0.2) is 18.0 Å². The summed E-state index contributed by atoms with van der Waals surface area (Å²) in [5, 5.41) is 3.01. The monoisotopic (exact) mass is 276 g/mol. The Hall–Kier alpha value is -1.35. The molecule has 0 bridgehead atoms. The van der Waals surface area contributed by atoms with Gasteiger partial charge < -0.3 is 11.1 Å². The molecule has 1 aromatic carbocycles. The zero-order chi connectivity index (χ0) is 15.0. The maximum Gasteiger partial charge on any atom is 0.237 e. The third kappa shape index (κ3) is 6.71. The number of benzene rings is 1. The number of hydrogen-bond acceptors (Lipinski definition) is 2. The van der Waals surface area contributed by atoms with Crippen molar-refractivity contribution in [1.82, 2.24) is 5.32 Å². The van der Waals surface area contributed by atoms with Crippen molar-refractivity contribution in [3.05, 3.63) is 35.9 Å². The maximum atomic E-state index is 12.0. The molecule has 1 rings (SSSR count). The van der Waals surface area contributed by atoms with Crippen molar-refractivity contribution in [2.45, 2.75) is 58.5 Å². The Bertz CT molecular complexity index is 389. The van der Waals surface area contributed by atoms with Crippen molar-refractivity contribution in [2.75, 3.05) is 0 Å². The molecule has 3 nitrogen and oxygen atoms in total. The molecule has 1 aromatic rings. The van der Waals surface area contributed by atoms with Crippen LogP contribution in [0, 0.1) is 5.92 Å². The van der Waals surface area contributed by atoms with Gasteiger partial charge in [0.1, 0.15) is 0 Å². The highest BCUT2D eigenvalue weighted by atomic mass is 16.2. The number of hydrogen-bond donors (Lipinski definition) is 2. The summed E-state index contributed by atoms with van der Waals surface area (Å²) in [4.78, 5) is 12.0. The fourth-order valence-corrected chi connectivity index (χ4v) is 2.22. The lowest BCUT2D eigenvalue weighted by molar-refractivity contribution is -0.123. The van der Waals surface area contributed by atoms with E-state index in [9.17, 15) is 4.79 Å². The van der Waals surface area contributed by atoms with E-state index in [1.54, 1.807) is 0 Å². The van der Waals surface area contributed by atoms with Gasteiger partial charge in [-0.3, -0.25) is 4.79 Å². The predicted octanol–water partition coefficient (Wildman–Crippen LogP) is 2.89. The fraction of sp³-hybridized carbons (Fsp3) is 0.588. The van der Waals surface area contributed by atoms with Gasteiger partial charge in [0.25, 0.3) is 0 Å². The molecule has 3 N–H and O–H groups in total. The van der Waals surface area contributed by atoms with Gasteiger partial charge in [0.15, 0.2) is 0 Å². The van der Waals surface area contributed by atoms with E-state index in [-0.39, 0.29) is 11.9 Å². The largest absolute Gasteiger partial charge is 0.352 e. The smallest absolute Gasteiger partial charge is 0.237 e. The average molecular weight is 276 g/mol. The summed E-state index contributed by atoms with van der Waals surface area (Å²) in [7, 11) is 0. The van der Waals surface area contributed by atoms with Crippen molar-refractivity contribution >= 4 is 5.91 Å². The third-order valence-corrected chi connectivity index (χ3v) is 3.44. The van der Waals surface area contributed by atoms with E-state index in [4.69, 9.17) is 5.73 Å². The summed E-state index contributed by atoms with van der Waals surface area (Å²) in [6.45, 7) is 6.49. The Kier molecular flexibility index (Phi) is 7.31. The van der Waals surface area contributed by atoms with E-state index in [2.05, 4.69) is 19.2 Å². The Morgan fingerprint density at radius 2 is 1.80 bits per heavy atom. The molecule has 0 fully saturated rings. The van der Waals surface area contributed by atoms with Crippen LogP contribution in [0.5, 0.6) is 0 Å². The molecule has 1 amide bonds. The molecule has 0 saturated heterocycles. The number of carbonyl (C=O) groups excluding carboxylic acids is 1. The number of carbonyl (C=O) groups is 1. The second-order valence-electron chi connectivity index (χ2n) is 6.03. The minimum absolute atomic E-state index is 0.0501. The van der Waals surface area contributed by atoms with Gasteiger partial charge in [-0.1, -0.05) is 57.0 Å². The highest BCUT2D eigenvalue weighted by molar-refractivity contribution is 5.82. The van der Waals surface area contributed by atoms with Crippen molar-refractivity contribution < 1.29 is 4.79 Å². The molecule has 0 aliphatic rings. The molecule has 0 aliphatic heterocycles. The van der Waals surface area contributed by atoms with E-state index in [1.165, 1.54) is 6.42 Å². The fourth-order valence-electron chi connectivity index (χ4n) is 2.22. The highest BCUT2D eigenvalue weighted by Gasteiger charge is 2.16. The van der Waals surface area contributed by atoms with Gasteiger partial charge in [-0.15, -0.1) is 0 Å². The lowest BCUT2D eigenvalue weighted by Gasteiger charge is -2.18. The molecule has 20 heavy (non-hydrogen) atoms. The third-order valence-electron chi connectivity index (χ3n) is 3.44. The van der Waals surface area contributed by atoms with E-state index in [1.807, 2.05) is 37.3 Å². The highest BCUT2D eigenvalue weighted by Crippen LogP contribution is 2.08. The molecule has 112 valence electrons. The first-order valence-corrected chi connectivity index (χ1v) is 7.59. The van der Waals surface area contributed by atoms with Gasteiger partial charge in [0.2, 0.25) is 5.91 Å². The summed E-state index contributed by atoms with van der Waals surface area (Å²) < 4.78 is 0. The number of nitrogens with two attached hydrogens (primary N) is 1. The summed E-state index contributed by atoms with van der Waals surface area (Å²) in [6, 6.07) is 9.63. The maximum absolute atomic E-state index is 12.0. The SMILES string of the molecule is CC(C)CCCC(C)NC(=O)C(N)Cc1ccccc1. The van der Waals surface area contributed by atoms with E-state index in [0.717, 1.165) is 24.3 Å². The van der Waals surface area contributed by atoms with Crippen molar-refractivity contribution in [3.8, 4) is 0 Å². The molecule has 3 heteroatoms. The number of amides is 1. The quantitative estimate of drug-likeness (QED) is 0.767. The Morgan fingerprint density at radius 3 is 2.40 bits per heavy atom. The number of rotatable bonds is 8. The standard InChI is InChI=1S/C17H28N2O/c1-13(2)8-7-9-14(3)19-17(20)16(18)12-15-10-5-4-6-11-15/h4-6,10-11,13-14,16H,7-9,12,18H2,1-3H3,(H,19,20). The van der Waals surface area contributed by atoms with Crippen molar-refractivity contribution in [2.24, 2.45) is 11.7 Å². The molecule has 0 aliphatic carbocycles. The second kappa shape index (κ2) is 8.75. The van der Waals surface area contributed by atoms with Crippen LogP contribution in [0.15, 0.2) is 30.3 Å². The topological polar surface area (TPSA) is 55.1 Å². The molecule has 0 spiro atoms. The van der Waals surface area contributed by atoms with Crippen LogP contribution >= 0.6 is 0 Å². The molecule has 0 heterocycles. The van der Waals surface area contributed by atoms with E-state index < -0.39 is 6.04 Å². The van der Waals surface area contributed by atoms with Crippen LogP contribution in [0.25, 0.3) is 0 Å². The van der Waals surface area contributed by atoms with Crippen molar-refractivity contribution in [1.29, 1.82) is 0 Å². The molecule has 0 aromatic heterocycles. The minimum Gasteiger partial charge on any atom is -0.352 e. The predicted molar refractivity (Wildman–Crippen MR) is 84.4 cm³/mol. The lowest BCUT2D eigenvalue weighted by atomic mass is 10.0.